The van der Waals surface area contributed by atoms with Gasteiger partial charge in [-0.25, -0.2) is 4.98 Å². The van der Waals surface area contributed by atoms with Crippen LogP contribution in [0.4, 0.5) is 0 Å². The van der Waals surface area contributed by atoms with E-state index in [-0.39, 0.29) is 6.04 Å². The highest BCUT2D eigenvalue weighted by Crippen LogP contribution is 2.24. The Bertz CT molecular complexity index is 569. The molecule has 0 fully saturated rings. The van der Waals surface area contributed by atoms with Crippen LogP contribution in [0, 0.1) is 13.8 Å². The Labute approximate surface area is 115 Å². The molecule has 2 aromatic rings. The average Bonchev–Trinajstić information content (AvgIpc) is 2.74. The van der Waals surface area contributed by atoms with Gasteiger partial charge in [0.05, 0.1) is 17.1 Å². The van der Waals surface area contributed by atoms with Crippen molar-refractivity contribution < 1.29 is 0 Å². The lowest BCUT2D eigenvalue weighted by Crippen LogP contribution is -2.16. The first kappa shape index (κ1) is 14.1. The van der Waals surface area contributed by atoms with Gasteiger partial charge in [0.2, 0.25) is 0 Å². The van der Waals surface area contributed by atoms with E-state index in [4.69, 9.17) is 10.7 Å². The Morgan fingerprint density at radius 1 is 1.21 bits per heavy atom. The highest BCUT2D eigenvalue weighted by atomic mass is 15.1. The van der Waals surface area contributed by atoms with E-state index < -0.39 is 0 Å². The van der Waals surface area contributed by atoms with Crippen LogP contribution >= 0.6 is 0 Å². The number of unbranched alkanes of at least 4 members (excludes halogenated alkanes) is 1. The predicted octanol–water partition coefficient (Wildman–Crippen LogP) is 3.86. The third kappa shape index (κ3) is 2.66. The van der Waals surface area contributed by atoms with Gasteiger partial charge in [-0.05, 0) is 49.9 Å². The molecular formula is C16H25N3. The topological polar surface area (TPSA) is 43.8 Å². The van der Waals surface area contributed by atoms with Gasteiger partial charge >= 0.3 is 0 Å². The molecule has 1 aromatic heterocycles. The Morgan fingerprint density at radius 3 is 2.53 bits per heavy atom. The third-order valence-corrected chi connectivity index (χ3v) is 3.90. The molecule has 3 nitrogen and oxygen atoms in total. The second-order valence-corrected chi connectivity index (χ2v) is 5.42. The van der Waals surface area contributed by atoms with Crippen molar-refractivity contribution in [2.45, 2.75) is 59.5 Å². The second kappa shape index (κ2) is 5.74. The van der Waals surface area contributed by atoms with Gasteiger partial charge in [-0.2, -0.15) is 0 Å². The van der Waals surface area contributed by atoms with Crippen molar-refractivity contribution >= 4 is 11.0 Å². The standard InChI is InChI=1S/C16H25N3/c1-5-7-8-19-15-10-12(4)11(3)9-14(15)18-16(19)13(17)6-2/h9-10,13H,5-8,17H2,1-4H3. The molecule has 0 radical (unpaired) electrons. The van der Waals surface area contributed by atoms with Gasteiger partial charge in [0.25, 0.3) is 0 Å². The van der Waals surface area contributed by atoms with Crippen molar-refractivity contribution in [2.24, 2.45) is 5.73 Å². The minimum Gasteiger partial charge on any atom is -0.327 e. The average molecular weight is 259 g/mol. The number of aromatic nitrogens is 2. The minimum atomic E-state index is 0.0323. The van der Waals surface area contributed by atoms with E-state index in [9.17, 15) is 0 Å². The number of rotatable bonds is 5. The van der Waals surface area contributed by atoms with E-state index in [1.54, 1.807) is 0 Å². The summed E-state index contributed by atoms with van der Waals surface area (Å²) in [6.07, 6.45) is 3.28. The summed E-state index contributed by atoms with van der Waals surface area (Å²) in [5.41, 5.74) is 11.2. The van der Waals surface area contributed by atoms with Gasteiger partial charge in [0.15, 0.2) is 0 Å². The SMILES string of the molecule is CCCCn1c(C(N)CC)nc2cc(C)c(C)cc21. The van der Waals surface area contributed by atoms with E-state index in [1.165, 1.54) is 29.5 Å². The van der Waals surface area contributed by atoms with Crippen LogP contribution in [0.15, 0.2) is 12.1 Å². The van der Waals surface area contributed by atoms with Crippen LogP contribution < -0.4 is 5.73 Å². The number of nitrogens with two attached hydrogens (primary N) is 1. The predicted molar refractivity (Wildman–Crippen MR) is 81.3 cm³/mol. The zero-order valence-corrected chi connectivity index (χ0v) is 12.5. The lowest BCUT2D eigenvalue weighted by molar-refractivity contribution is 0.560. The van der Waals surface area contributed by atoms with E-state index in [1.807, 2.05) is 0 Å². The van der Waals surface area contributed by atoms with Gasteiger partial charge in [-0.3, -0.25) is 0 Å². The van der Waals surface area contributed by atoms with Crippen LogP contribution in [0.1, 0.15) is 56.1 Å². The summed E-state index contributed by atoms with van der Waals surface area (Å²) in [5.74, 6) is 1.04. The summed E-state index contributed by atoms with van der Waals surface area (Å²) in [7, 11) is 0. The van der Waals surface area contributed by atoms with Crippen molar-refractivity contribution in [1.29, 1.82) is 0 Å². The fraction of sp³-hybridized carbons (Fsp3) is 0.562. The van der Waals surface area contributed by atoms with Gasteiger partial charge in [0.1, 0.15) is 5.82 Å². The first-order valence-electron chi connectivity index (χ1n) is 7.31. The number of hydrogen-bond donors (Lipinski definition) is 1. The first-order valence-corrected chi connectivity index (χ1v) is 7.31. The molecule has 0 aliphatic rings. The lowest BCUT2D eigenvalue weighted by Gasteiger charge is -2.13. The molecule has 2 N–H and O–H groups in total. The Balaban J connectivity index is 2.59. The Kier molecular flexibility index (Phi) is 4.25. The summed E-state index contributed by atoms with van der Waals surface area (Å²) < 4.78 is 2.32. The highest BCUT2D eigenvalue weighted by Gasteiger charge is 2.16. The summed E-state index contributed by atoms with van der Waals surface area (Å²) in [6, 6.07) is 4.46. The fourth-order valence-electron chi connectivity index (χ4n) is 2.42. The maximum Gasteiger partial charge on any atom is 0.126 e. The van der Waals surface area contributed by atoms with E-state index >= 15 is 0 Å². The molecule has 0 bridgehead atoms. The maximum atomic E-state index is 6.22. The highest BCUT2D eigenvalue weighted by molar-refractivity contribution is 5.78. The van der Waals surface area contributed by atoms with Crippen LogP contribution in [-0.4, -0.2) is 9.55 Å². The number of nitrogens with zero attached hydrogens (tertiary/aromatic N) is 2. The summed E-state index contributed by atoms with van der Waals surface area (Å²) in [5, 5.41) is 0. The molecule has 104 valence electrons. The molecule has 19 heavy (non-hydrogen) atoms. The molecule has 1 unspecified atom stereocenters. The fourth-order valence-corrected chi connectivity index (χ4v) is 2.42. The van der Waals surface area contributed by atoms with E-state index in [0.717, 1.165) is 24.3 Å². The van der Waals surface area contributed by atoms with Crippen LogP contribution in [0.25, 0.3) is 11.0 Å². The quantitative estimate of drug-likeness (QED) is 0.886. The van der Waals surface area contributed by atoms with Gasteiger partial charge in [-0.1, -0.05) is 20.3 Å². The van der Waals surface area contributed by atoms with Crippen molar-refractivity contribution in [2.75, 3.05) is 0 Å². The summed E-state index contributed by atoms with van der Waals surface area (Å²) >= 11 is 0. The van der Waals surface area contributed by atoms with Crippen molar-refractivity contribution in [1.82, 2.24) is 9.55 Å². The smallest absolute Gasteiger partial charge is 0.126 e. The summed E-state index contributed by atoms with van der Waals surface area (Å²) in [4.78, 5) is 4.78. The third-order valence-electron chi connectivity index (χ3n) is 3.90. The zero-order valence-electron chi connectivity index (χ0n) is 12.5. The molecule has 1 heterocycles. The monoisotopic (exact) mass is 259 g/mol. The summed E-state index contributed by atoms with van der Waals surface area (Å²) in [6.45, 7) is 9.64. The van der Waals surface area contributed by atoms with Crippen molar-refractivity contribution in [3.8, 4) is 0 Å². The minimum absolute atomic E-state index is 0.0323. The molecule has 3 heteroatoms. The van der Waals surface area contributed by atoms with Gasteiger partial charge < -0.3 is 10.3 Å². The normalized spacial score (nSPS) is 13.1. The Hall–Kier alpha value is -1.35. The zero-order chi connectivity index (χ0) is 14.0. The molecule has 2 rings (SSSR count). The van der Waals surface area contributed by atoms with Crippen LogP contribution in [0.3, 0.4) is 0 Å². The van der Waals surface area contributed by atoms with Crippen LogP contribution in [-0.2, 0) is 6.54 Å². The number of hydrogen-bond acceptors (Lipinski definition) is 2. The van der Waals surface area contributed by atoms with Crippen molar-refractivity contribution in [3.63, 3.8) is 0 Å². The van der Waals surface area contributed by atoms with Gasteiger partial charge in [-0.15, -0.1) is 0 Å². The van der Waals surface area contributed by atoms with Crippen molar-refractivity contribution in [3.05, 3.63) is 29.1 Å². The molecular weight excluding hydrogens is 234 g/mol. The van der Waals surface area contributed by atoms with E-state index in [0.29, 0.717) is 0 Å². The first-order chi connectivity index (χ1) is 9.08. The van der Waals surface area contributed by atoms with Crippen LogP contribution in [0.5, 0.6) is 0 Å². The number of aryl methyl sites for hydroxylation is 3. The molecule has 1 aromatic carbocycles. The van der Waals surface area contributed by atoms with Gasteiger partial charge in [0, 0.05) is 6.54 Å². The molecule has 0 saturated carbocycles. The largest absolute Gasteiger partial charge is 0.327 e. The maximum absolute atomic E-state index is 6.22. The molecule has 1 atom stereocenters. The molecule has 0 saturated heterocycles. The van der Waals surface area contributed by atoms with E-state index in [2.05, 4.69) is 44.4 Å². The second-order valence-electron chi connectivity index (χ2n) is 5.42. The Morgan fingerprint density at radius 2 is 1.89 bits per heavy atom. The molecule has 0 aliphatic carbocycles. The number of imidazole rings is 1. The molecule has 0 spiro atoms. The molecule has 0 amide bonds. The number of benzene rings is 1. The number of fused-ring (bicyclic) bond motifs is 1. The molecule has 0 aliphatic heterocycles. The lowest BCUT2D eigenvalue weighted by atomic mass is 10.1. The van der Waals surface area contributed by atoms with Crippen LogP contribution in [0.2, 0.25) is 0 Å².